The quantitative estimate of drug-likeness (QED) is 0.810. The third-order valence-electron chi connectivity index (χ3n) is 3.29. The largest absolute Gasteiger partial charge is 0.395 e. The van der Waals surface area contributed by atoms with E-state index in [0.717, 1.165) is 9.75 Å². The van der Waals surface area contributed by atoms with Gasteiger partial charge in [0.25, 0.3) is 0 Å². The lowest BCUT2D eigenvalue weighted by Gasteiger charge is -2.09. The zero-order valence-corrected chi connectivity index (χ0v) is 11.9. The van der Waals surface area contributed by atoms with Crippen LogP contribution in [0.25, 0.3) is 0 Å². The molecule has 0 aromatic carbocycles. The van der Waals surface area contributed by atoms with Crippen molar-refractivity contribution < 1.29 is 9.90 Å². The van der Waals surface area contributed by atoms with Gasteiger partial charge in [-0.3, -0.25) is 4.79 Å². The minimum Gasteiger partial charge on any atom is -0.395 e. The molecular formula is C15H19NO2S. The summed E-state index contributed by atoms with van der Waals surface area (Å²) >= 11 is 1.59. The molecule has 1 aliphatic carbocycles. The van der Waals surface area contributed by atoms with Crippen LogP contribution in [0.5, 0.6) is 0 Å². The van der Waals surface area contributed by atoms with Crippen LogP contribution >= 0.6 is 11.3 Å². The summed E-state index contributed by atoms with van der Waals surface area (Å²) in [6.45, 7) is 2.69. The summed E-state index contributed by atoms with van der Waals surface area (Å²) in [7, 11) is 0. The maximum absolute atomic E-state index is 11.9. The summed E-state index contributed by atoms with van der Waals surface area (Å²) in [5, 5.41) is 11.6. The molecule has 1 amide bonds. The number of carbonyl (C=O) groups is 1. The second-order valence-corrected chi connectivity index (χ2v) is 6.05. The van der Waals surface area contributed by atoms with Crippen LogP contribution in [-0.2, 0) is 11.3 Å². The summed E-state index contributed by atoms with van der Waals surface area (Å²) < 4.78 is 0. The van der Waals surface area contributed by atoms with Crippen molar-refractivity contribution >= 4 is 17.2 Å². The second kappa shape index (κ2) is 6.74. The van der Waals surface area contributed by atoms with Crippen molar-refractivity contribution in [1.29, 1.82) is 0 Å². The Morgan fingerprint density at radius 2 is 2.37 bits per heavy atom. The van der Waals surface area contributed by atoms with Gasteiger partial charge in [-0.1, -0.05) is 18.8 Å². The Kier molecular flexibility index (Phi) is 5.00. The number of aliphatic hydroxyl groups is 1. The molecule has 0 bridgehead atoms. The Hall–Kier alpha value is -1.31. The van der Waals surface area contributed by atoms with E-state index >= 15 is 0 Å². The van der Waals surface area contributed by atoms with Gasteiger partial charge in [-0.15, -0.1) is 11.3 Å². The molecule has 2 rings (SSSR count). The Morgan fingerprint density at radius 3 is 3.05 bits per heavy atom. The van der Waals surface area contributed by atoms with Crippen LogP contribution in [0.15, 0.2) is 12.1 Å². The summed E-state index contributed by atoms with van der Waals surface area (Å²) in [5.74, 6) is 6.79. The van der Waals surface area contributed by atoms with Gasteiger partial charge in [-0.25, -0.2) is 0 Å². The van der Waals surface area contributed by atoms with Crippen molar-refractivity contribution in [2.75, 3.05) is 6.61 Å². The number of thiophene rings is 1. The molecular weight excluding hydrogens is 258 g/mol. The molecule has 0 spiro atoms. The average molecular weight is 277 g/mol. The normalized spacial score (nSPS) is 15.5. The van der Waals surface area contributed by atoms with Crippen LogP contribution in [0.1, 0.15) is 35.9 Å². The molecule has 1 aromatic rings. The molecule has 0 radical (unpaired) electrons. The first-order valence-corrected chi connectivity index (χ1v) is 7.48. The first-order valence-electron chi connectivity index (χ1n) is 6.67. The number of hydrogen-bond acceptors (Lipinski definition) is 3. The van der Waals surface area contributed by atoms with Gasteiger partial charge >= 0.3 is 0 Å². The number of rotatable bonds is 5. The van der Waals surface area contributed by atoms with E-state index in [-0.39, 0.29) is 18.4 Å². The van der Waals surface area contributed by atoms with Gasteiger partial charge in [0.05, 0.1) is 18.0 Å². The van der Waals surface area contributed by atoms with Gasteiger partial charge in [0, 0.05) is 17.2 Å². The third-order valence-corrected chi connectivity index (χ3v) is 4.29. The number of hydrogen-bond donors (Lipinski definition) is 2. The summed E-state index contributed by atoms with van der Waals surface area (Å²) in [6, 6.07) is 3.95. The molecule has 102 valence electrons. The molecule has 19 heavy (non-hydrogen) atoms. The molecule has 1 saturated carbocycles. The topological polar surface area (TPSA) is 49.3 Å². The minimum absolute atomic E-state index is 0.0976. The van der Waals surface area contributed by atoms with Crippen LogP contribution in [0.3, 0.4) is 0 Å². The first-order chi connectivity index (χ1) is 9.20. The van der Waals surface area contributed by atoms with E-state index in [0.29, 0.717) is 18.9 Å². The predicted molar refractivity (Wildman–Crippen MR) is 76.6 cm³/mol. The summed E-state index contributed by atoms with van der Waals surface area (Å²) in [4.78, 5) is 13.9. The maximum Gasteiger partial charge on any atom is 0.223 e. The smallest absolute Gasteiger partial charge is 0.223 e. The van der Waals surface area contributed by atoms with E-state index in [4.69, 9.17) is 5.11 Å². The van der Waals surface area contributed by atoms with Crippen molar-refractivity contribution in [1.82, 2.24) is 5.32 Å². The molecule has 1 aromatic heterocycles. The van der Waals surface area contributed by atoms with E-state index in [1.807, 2.05) is 19.1 Å². The molecule has 1 fully saturated rings. The van der Waals surface area contributed by atoms with Crippen LogP contribution in [0, 0.1) is 23.7 Å². The Morgan fingerprint density at radius 1 is 1.58 bits per heavy atom. The number of nitrogens with one attached hydrogen (secondary N) is 1. The predicted octanol–water partition coefficient (Wildman–Crippen LogP) is 2.14. The molecule has 1 atom stereocenters. The fourth-order valence-corrected chi connectivity index (χ4v) is 2.71. The highest BCUT2D eigenvalue weighted by atomic mass is 32.1. The lowest BCUT2D eigenvalue weighted by atomic mass is 10.1. The fraction of sp³-hybridized carbons (Fsp3) is 0.533. The Labute approximate surface area is 118 Å². The van der Waals surface area contributed by atoms with Gasteiger partial charge in [-0.05, 0) is 30.9 Å². The molecule has 2 N–H and O–H groups in total. The van der Waals surface area contributed by atoms with Crippen LogP contribution < -0.4 is 5.32 Å². The van der Waals surface area contributed by atoms with E-state index in [1.54, 1.807) is 11.3 Å². The molecule has 1 heterocycles. The SMILES string of the molecule is CC(C(=O)NCc1ccc(C#CCCO)s1)C1CC1. The molecule has 0 aliphatic heterocycles. The lowest BCUT2D eigenvalue weighted by molar-refractivity contribution is -0.125. The molecule has 1 aliphatic rings. The number of amides is 1. The van der Waals surface area contributed by atoms with E-state index in [1.165, 1.54) is 12.8 Å². The van der Waals surface area contributed by atoms with Gasteiger partial charge in [-0.2, -0.15) is 0 Å². The minimum atomic E-state index is 0.0976. The van der Waals surface area contributed by atoms with Crippen molar-refractivity contribution in [2.24, 2.45) is 11.8 Å². The summed E-state index contributed by atoms with van der Waals surface area (Å²) in [6.07, 6.45) is 2.89. The Bertz CT molecular complexity index is 494. The fourth-order valence-electron chi connectivity index (χ4n) is 1.89. The van der Waals surface area contributed by atoms with E-state index in [2.05, 4.69) is 17.2 Å². The first kappa shape index (κ1) is 14.1. The van der Waals surface area contributed by atoms with E-state index < -0.39 is 0 Å². The van der Waals surface area contributed by atoms with E-state index in [9.17, 15) is 4.79 Å². The van der Waals surface area contributed by atoms with Crippen molar-refractivity contribution in [3.8, 4) is 11.8 Å². The zero-order chi connectivity index (χ0) is 13.7. The molecule has 4 heteroatoms. The van der Waals surface area contributed by atoms with Crippen molar-refractivity contribution in [2.45, 2.75) is 32.7 Å². The van der Waals surface area contributed by atoms with Crippen molar-refractivity contribution in [3.05, 3.63) is 21.9 Å². The lowest BCUT2D eigenvalue weighted by Crippen LogP contribution is -2.29. The highest BCUT2D eigenvalue weighted by Crippen LogP contribution is 2.36. The van der Waals surface area contributed by atoms with Crippen LogP contribution in [-0.4, -0.2) is 17.6 Å². The van der Waals surface area contributed by atoms with Gasteiger partial charge < -0.3 is 10.4 Å². The van der Waals surface area contributed by atoms with Crippen LogP contribution in [0.4, 0.5) is 0 Å². The van der Waals surface area contributed by atoms with Crippen LogP contribution in [0.2, 0.25) is 0 Å². The second-order valence-electron chi connectivity index (χ2n) is 4.89. The molecule has 1 unspecified atom stereocenters. The third kappa shape index (κ3) is 4.38. The average Bonchev–Trinajstić information content (AvgIpc) is 3.16. The van der Waals surface area contributed by atoms with Gasteiger partial charge in [0.1, 0.15) is 0 Å². The maximum atomic E-state index is 11.9. The van der Waals surface area contributed by atoms with Gasteiger partial charge in [0.2, 0.25) is 5.91 Å². The highest BCUT2D eigenvalue weighted by molar-refractivity contribution is 7.12. The summed E-state index contributed by atoms with van der Waals surface area (Å²) in [5.41, 5.74) is 0. The zero-order valence-electron chi connectivity index (χ0n) is 11.1. The Balaban J connectivity index is 1.80. The van der Waals surface area contributed by atoms with Gasteiger partial charge in [0.15, 0.2) is 0 Å². The number of carbonyl (C=O) groups excluding carboxylic acids is 1. The highest BCUT2D eigenvalue weighted by Gasteiger charge is 2.32. The number of aliphatic hydroxyl groups excluding tert-OH is 1. The monoisotopic (exact) mass is 277 g/mol. The molecule has 3 nitrogen and oxygen atoms in total. The standard InChI is InChI=1S/C15H19NO2S/c1-11(12-5-6-12)15(18)16-10-14-8-7-13(19-14)4-2-3-9-17/h7-8,11-12,17H,3,5-6,9-10H2,1H3,(H,16,18). The molecule has 0 saturated heterocycles. The van der Waals surface area contributed by atoms with Crippen molar-refractivity contribution in [3.63, 3.8) is 0 Å².